The molecule has 19 heavy (non-hydrogen) atoms. The molecule has 2 aromatic heterocycles. The molecule has 0 aliphatic carbocycles. The summed E-state index contributed by atoms with van der Waals surface area (Å²) in [5.41, 5.74) is 2.66. The summed E-state index contributed by atoms with van der Waals surface area (Å²) >= 11 is 9.82. The van der Waals surface area contributed by atoms with Crippen LogP contribution in [0.3, 0.4) is 0 Å². The first kappa shape index (κ1) is 12.6. The van der Waals surface area contributed by atoms with Gasteiger partial charge in [-0.2, -0.15) is 0 Å². The van der Waals surface area contributed by atoms with Crippen molar-refractivity contribution in [1.29, 1.82) is 0 Å². The second kappa shape index (κ2) is 4.94. The lowest BCUT2D eigenvalue weighted by Crippen LogP contribution is -2.03. The van der Waals surface area contributed by atoms with Gasteiger partial charge in [0.05, 0.1) is 11.1 Å². The Hall–Kier alpha value is -1.39. The Balaban J connectivity index is 2.38. The molecule has 3 aromatic rings. The van der Waals surface area contributed by atoms with Crippen molar-refractivity contribution in [2.45, 2.75) is 12.3 Å². The Morgan fingerprint density at radius 2 is 2.00 bits per heavy atom. The minimum absolute atomic E-state index is 0.193. The van der Waals surface area contributed by atoms with E-state index in [9.17, 15) is 0 Å². The van der Waals surface area contributed by atoms with Crippen LogP contribution in [-0.2, 0) is 0 Å². The molecule has 1 atom stereocenters. The summed E-state index contributed by atoms with van der Waals surface area (Å²) in [6.45, 7) is 1.91. The molecule has 3 rings (SSSR count). The van der Waals surface area contributed by atoms with Crippen molar-refractivity contribution < 1.29 is 0 Å². The van der Waals surface area contributed by atoms with Gasteiger partial charge in [0.15, 0.2) is 5.65 Å². The van der Waals surface area contributed by atoms with Gasteiger partial charge >= 0.3 is 0 Å². The van der Waals surface area contributed by atoms with Gasteiger partial charge in [-0.25, -0.2) is 9.97 Å². The maximum absolute atomic E-state index is 6.26. The number of imidazole rings is 1. The minimum Gasteiger partial charge on any atom is -0.278 e. The molecular formula is C14H11BrClN3. The molecule has 3 nitrogen and oxygen atoms in total. The van der Waals surface area contributed by atoms with E-state index in [-0.39, 0.29) is 5.38 Å². The fourth-order valence-corrected chi connectivity index (χ4v) is 2.68. The van der Waals surface area contributed by atoms with Crippen molar-refractivity contribution in [3.05, 3.63) is 52.9 Å². The number of hydrogen-bond acceptors (Lipinski definition) is 2. The highest BCUT2D eigenvalue weighted by atomic mass is 79.9. The zero-order chi connectivity index (χ0) is 13.4. The maximum Gasteiger partial charge on any atom is 0.164 e. The number of alkyl halides is 1. The number of para-hydroxylation sites is 1. The normalized spacial score (nSPS) is 12.8. The molecule has 1 unspecified atom stereocenters. The number of pyridine rings is 1. The Kier molecular flexibility index (Phi) is 3.29. The van der Waals surface area contributed by atoms with Crippen molar-refractivity contribution in [3.8, 4) is 5.69 Å². The van der Waals surface area contributed by atoms with Crippen molar-refractivity contribution in [2.24, 2.45) is 0 Å². The Morgan fingerprint density at radius 3 is 2.74 bits per heavy atom. The molecule has 0 N–H and O–H groups in total. The third-order valence-corrected chi connectivity index (χ3v) is 3.76. The van der Waals surface area contributed by atoms with Gasteiger partial charge in [0, 0.05) is 10.7 Å². The Labute approximate surface area is 124 Å². The van der Waals surface area contributed by atoms with Gasteiger partial charge in [-0.3, -0.25) is 4.57 Å². The highest BCUT2D eigenvalue weighted by Gasteiger charge is 2.18. The molecule has 0 saturated heterocycles. The molecular weight excluding hydrogens is 326 g/mol. The van der Waals surface area contributed by atoms with Gasteiger partial charge in [-0.05, 0) is 47.1 Å². The molecule has 5 heteroatoms. The van der Waals surface area contributed by atoms with Crippen molar-refractivity contribution in [2.75, 3.05) is 0 Å². The fourth-order valence-electron chi connectivity index (χ4n) is 2.07. The van der Waals surface area contributed by atoms with Crippen LogP contribution < -0.4 is 0 Å². The summed E-state index contributed by atoms with van der Waals surface area (Å²) in [5.74, 6) is 0.794. The molecule has 0 amide bonds. The lowest BCUT2D eigenvalue weighted by atomic mass is 10.3. The van der Waals surface area contributed by atoms with E-state index in [0.29, 0.717) is 0 Å². The highest BCUT2D eigenvalue weighted by molar-refractivity contribution is 9.10. The number of fused-ring (bicyclic) bond motifs is 1. The summed E-state index contributed by atoms with van der Waals surface area (Å²) in [6, 6.07) is 11.8. The van der Waals surface area contributed by atoms with Gasteiger partial charge in [0.2, 0.25) is 0 Å². The monoisotopic (exact) mass is 335 g/mol. The summed E-state index contributed by atoms with van der Waals surface area (Å²) in [6.07, 6.45) is 1.76. The second-order valence-corrected chi connectivity index (χ2v) is 5.73. The van der Waals surface area contributed by atoms with Crippen molar-refractivity contribution in [1.82, 2.24) is 14.5 Å². The van der Waals surface area contributed by atoms with Gasteiger partial charge in [0.1, 0.15) is 11.3 Å². The summed E-state index contributed by atoms with van der Waals surface area (Å²) in [4.78, 5) is 9.00. The fraction of sp³-hybridized carbons (Fsp3) is 0.143. The Morgan fingerprint density at radius 1 is 1.21 bits per heavy atom. The number of nitrogens with zero attached hydrogens (tertiary/aromatic N) is 3. The molecule has 2 heterocycles. The molecule has 96 valence electrons. The van der Waals surface area contributed by atoms with Gasteiger partial charge in [0.25, 0.3) is 0 Å². The zero-order valence-electron chi connectivity index (χ0n) is 10.2. The summed E-state index contributed by atoms with van der Waals surface area (Å²) in [5, 5.41) is -0.193. The lowest BCUT2D eigenvalue weighted by Gasteiger charge is -2.11. The third-order valence-electron chi connectivity index (χ3n) is 2.89. The van der Waals surface area contributed by atoms with E-state index >= 15 is 0 Å². The highest BCUT2D eigenvalue weighted by Crippen LogP contribution is 2.30. The summed E-state index contributed by atoms with van der Waals surface area (Å²) in [7, 11) is 0. The molecule has 0 saturated carbocycles. The van der Waals surface area contributed by atoms with Crippen LogP contribution in [0, 0.1) is 0 Å². The van der Waals surface area contributed by atoms with E-state index in [2.05, 4.69) is 25.9 Å². The largest absolute Gasteiger partial charge is 0.278 e. The van der Waals surface area contributed by atoms with Gasteiger partial charge in [-0.15, -0.1) is 11.6 Å². The molecule has 0 fully saturated rings. The molecule has 0 radical (unpaired) electrons. The van der Waals surface area contributed by atoms with Crippen LogP contribution in [0.2, 0.25) is 0 Å². The number of hydrogen-bond donors (Lipinski definition) is 0. The van der Waals surface area contributed by atoms with Crippen molar-refractivity contribution in [3.63, 3.8) is 0 Å². The van der Waals surface area contributed by atoms with Crippen LogP contribution in [0.15, 0.2) is 47.1 Å². The number of halogens is 2. The van der Waals surface area contributed by atoms with E-state index in [0.717, 1.165) is 27.1 Å². The standard InChI is InChI=1S/C14H11BrClN3/c1-9(16)13-18-11-6-4-8-17-14(11)19(13)12-7-3-2-5-10(12)15/h2-9H,1H3. The lowest BCUT2D eigenvalue weighted by molar-refractivity contribution is 0.874. The van der Waals surface area contributed by atoms with E-state index in [4.69, 9.17) is 11.6 Å². The van der Waals surface area contributed by atoms with Crippen LogP contribution in [0.1, 0.15) is 18.1 Å². The molecule has 0 aliphatic heterocycles. The van der Waals surface area contributed by atoms with Crippen LogP contribution in [0.4, 0.5) is 0 Å². The zero-order valence-corrected chi connectivity index (χ0v) is 12.6. The average molecular weight is 337 g/mol. The first-order valence-electron chi connectivity index (χ1n) is 5.91. The topological polar surface area (TPSA) is 30.7 Å². The first-order chi connectivity index (χ1) is 9.18. The van der Waals surface area contributed by atoms with Crippen LogP contribution in [0.25, 0.3) is 16.9 Å². The van der Waals surface area contributed by atoms with E-state index < -0.39 is 0 Å². The van der Waals surface area contributed by atoms with Crippen LogP contribution in [0.5, 0.6) is 0 Å². The van der Waals surface area contributed by atoms with E-state index in [1.54, 1.807) is 6.20 Å². The number of aromatic nitrogens is 3. The quantitative estimate of drug-likeness (QED) is 0.646. The molecule has 0 aliphatic rings. The molecule has 0 bridgehead atoms. The average Bonchev–Trinajstić information content (AvgIpc) is 2.79. The first-order valence-corrected chi connectivity index (χ1v) is 7.14. The van der Waals surface area contributed by atoms with Crippen LogP contribution >= 0.6 is 27.5 Å². The predicted molar refractivity (Wildman–Crippen MR) is 80.8 cm³/mol. The maximum atomic E-state index is 6.26. The summed E-state index contributed by atoms with van der Waals surface area (Å²) < 4.78 is 2.98. The molecule has 0 spiro atoms. The van der Waals surface area contributed by atoms with E-state index in [1.165, 1.54) is 0 Å². The molecule has 1 aromatic carbocycles. The van der Waals surface area contributed by atoms with Crippen molar-refractivity contribution >= 4 is 38.7 Å². The number of benzene rings is 1. The third kappa shape index (κ3) is 2.15. The number of rotatable bonds is 2. The smallest absolute Gasteiger partial charge is 0.164 e. The SMILES string of the molecule is CC(Cl)c1nc2cccnc2n1-c1ccccc1Br. The van der Waals surface area contributed by atoms with Gasteiger partial charge < -0.3 is 0 Å². The second-order valence-electron chi connectivity index (χ2n) is 4.22. The Bertz CT molecular complexity index is 736. The minimum atomic E-state index is -0.193. The van der Waals surface area contributed by atoms with E-state index in [1.807, 2.05) is 47.9 Å². The predicted octanol–water partition coefficient (Wildman–Crippen LogP) is 4.48. The van der Waals surface area contributed by atoms with Crippen LogP contribution in [-0.4, -0.2) is 14.5 Å². The van der Waals surface area contributed by atoms with Gasteiger partial charge in [-0.1, -0.05) is 12.1 Å².